The van der Waals surface area contributed by atoms with Gasteiger partial charge in [0.15, 0.2) is 5.65 Å². The topological polar surface area (TPSA) is 43.2 Å². The maximum Gasteiger partial charge on any atom is 0.162 e. The summed E-state index contributed by atoms with van der Waals surface area (Å²) in [4.78, 5) is 11.9. The molecule has 2 fully saturated rings. The molecule has 118 valence electrons. The molecule has 0 aromatic carbocycles. The van der Waals surface area contributed by atoms with E-state index < -0.39 is 0 Å². The lowest BCUT2D eigenvalue weighted by molar-refractivity contribution is -0.0315. The summed E-state index contributed by atoms with van der Waals surface area (Å²) in [7, 11) is 2.20. The van der Waals surface area contributed by atoms with E-state index in [1.54, 1.807) is 0 Å². The number of fused-ring (bicyclic) bond motifs is 1. The van der Waals surface area contributed by atoms with Crippen LogP contribution in [0.5, 0.6) is 0 Å². The highest BCUT2D eigenvalue weighted by Crippen LogP contribution is 2.29. The van der Waals surface area contributed by atoms with Crippen LogP contribution in [0.3, 0.4) is 0 Å². The van der Waals surface area contributed by atoms with Crippen LogP contribution in [0.25, 0.3) is 11.2 Å². The number of imidazole rings is 1. The van der Waals surface area contributed by atoms with Crippen LogP contribution in [0.2, 0.25) is 0 Å². The van der Waals surface area contributed by atoms with Gasteiger partial charge >= 0.3 is 0 Å². The quantitative estimate of drug-likeness (QED) is 0.874. The number of pyridine rings is 1. The highest BCUT2D eigenvalue weighted by molar-refractivity contribution is 5.71. The number of nitrogens with zero attached hydrogens (tertiary/aromatic N) is 4. The smallest absolute Gasteiger partial charge is 0.162 e. The summed E-state index contributed by atoms with van der Waals surface area (Å²) in [5, 5.41) is 0. The van der Waals surface area contributed by atoms with Crippen molar-refractivity contribution in [2.75, 3.05) is 26.7 Å². The molecule has 4 rings (SSSR count). The third kappa shape index (κ3) is 2.63. The molecule has 0 saturated carbocycles. The summed E-state index contributed by atoms with van der Waals surface area (Å²) in [5.41, 5.74) is 1.98. The first-order valence-corrected chi connectivity index (χ1v) is 8.43. The number of aromatic nitrogens is 3. The van der Waals surface area contributed by atoms with Crippen LogP contribution in [0.15, 0.2) is 18.3 Å². The minimum atomic E-state index is 0.114. The lowest BCUT2D eigenvalue weighted by Gasteiger charge is -2.26. The van der Waals surface area contributed by atoms with E-state index in [1.807, 2.05) is 12.3 Å². The van der Waals surface area contributed by atoms with E-state index in [0.29, 0.717) is 5.92 Å². The van der Waals surface area contributed by atoms with E-state index in [4.69, 9.17) is 9.72 Å². The second-order valence-corrected chi connectivity index (χ2v) is 6.69. The zero-order valence-corrected chi connectivity index (χ0v) is 13.2. The van der Waals surface area contributed by atoms with E-state index in [1.165, 1.54) is 32.4 Å². The van der Waals surface area contributed by atoms with Crippen LogP contribution in [0.4, 0.5) is 0 Å². The predicted octanol–water partition coefficient (Wildman–Crippen LogP) is 2.62. The Morgan fingerprint density at radius 3 is 3.05 bits per heavy atom. The first kappa shape index (κ1) is 14.2. The Hall–Kier alpha value is -1.46. The molecule has 2 unspecified atom stereocenters. The zero-order valence-electron chi connectivity index (χ0n) is 13.2. The van der Waals surface area contributed by atoms with Gasteiger partial charge in [0.05, 0.1) is 0 Å². The summed E-state index contributed by atoms with van der Waals surface area (Å²) in [5.74, 6) is 1.85. The van der Waals surface area contributed by atoms with Gasteiger partial charge < -0.3 is 9.64 Å². The van der Waals surface area contributed by atoms with Gasteiger partial charge in [-0.2, -0.15) is 0 Å². The molecule has 22 heavy (non-hydrogen) atoms. The molecule has 4 heterocycles. The van der Waals surface area contributed by atoms with Crippen molar-refractivity contribution in [2.24, 2.45) is 5.92 Å². The highest BCUT2D eigenvalue weighted by atomic mass is 16.5. The second kappa shape index (κ2) is 5.97. The van der Waals surface area contributed by atoms with Gasteiger partial charge in [-0.1, -0.05) is 0 Å². The predicted molar refractivity (Wildman–Crippen MR) is 85.7 cm³/mol. The number of hydrogen-bond donors (Lipinski definition) is 0. The molecule has 0 amide bonds. The molecule has 2 aliphatic heterocycles. The molecule has 0 radical (unpaired) electrons. The summed E-state index contributed by atoms with van der Waals surface area (Å²) in [6, 6.07) is 4.03. The van der Waals surface area contributed by atoms with Crippen molar-refractivity contribution in [1.29, 1.82) is 0 Å². The molecule has 0 N–H and O–H groups in total. The lowest BCUT2D eigenvalue weighted by Crippen LogP contribution is -2.22. The van der Waals surface area contributed by atoms with E-state index in [-0.39, 0.29) is 6.23 Å². The zero-order chi connectivity index (χ0) is 14.9. The summed E-state index contributed by atoms with van der Waals surface area (Å²) in [6.07, 6.45) is 7.72. The van der Waals surface area contributed by atoms with Crippen molar-refractivity contribution in [3.8, 4) is 0 Å². The average Bonchev–Trinajstić information content (AvgIpc) is 3.11. The van der Waals surface area contributed by atoms with Crippen LogP contribution in [-0.2, 0) is 11.2 Å². The molecular formula is C17H24N4O. The van der Waals surface area contributed by atoms with Gasteiger partial charge in [-0.3, -0.25) is 4.57 Å². The van der Waals surface area contributed by atoms with E-state index in [2.05, 4.69) is 27.6 Å². The third-order valence-corrected chi connectivity index (χ3v) is 4.93. The van der Waals surface area contributed by atoms with E-state index in [0.717, 1.165) is 36.4 Å². The van der Waals surface area contributed by atoms with Gasteiger partial charge in [0.1, 0.15) is 17.6 Å². The van der Waals surface area contributed by atoms with Crippen molar-refractivity contribution >= 4 is 11.2 Å². The largest absolute Gasteiger partial charge is 0.358 e. The number of rotatable bonds is 3. The molecule has 0 bridgehead atoms. The Labute approximate surface area is 131 Å². The maximum atomic E-state index is 6.03. The summed E-state index contributed by atoms with van der Waals surface area (Å²) >= 11 is 0. The minimum absolute atomic E-state index is 0.114. The fraction of sp³-hybridized carbons (Fsp3) is 0.647. The molecule has 5 nitrogen and oxygen atoms in total. The van der Waals surface area contributed by atoms with E-state index in [9.17, 15) is 0 Å². The molecule has 0 aliphatic carbocycles. The molecule has 2 aromatic rings. The lowest BCUT2D eigenvalue weighted by atomic mass is 10.0. The number of likely N-dealkylation sites (tertiary alicyclic amines) is 1. The maximum absolute atomic E-state index is 6.03. The Morgan fingerprint density at radius 1 is 1.32 bits per heavy atom. The second-order valence-electron chi connectivity index (χ2n) is 6.69. The Kier molecular flexibility index (Phi) is 3.84. The standard InChI is InChI=1S/C17H24N4O/c1-20-9-7-13(12-20)11-15-19-14-5-4-8-18-17(14)21(15)16-6-2-3-10-22-16/h4-5,8,13,16H,2-3,6-7,9-12H2,1H3. The van der Waals surface area contributed by atoms with E-state index >= 15 is 0 Å². The van der Waals surface area contributed by atoms with Gasteiger partial charge in [-0.25, -0.2) is 9.97 Å². The minimum Gasteiger partial charge on any atom is -0.358 e. The van der Waals surface area contributed by atoms with Crippen LogP contribution in [0, 0.1) is 5.92 Å². The van der Waals surface area contributed by atoms with Gasteiger partial charge in [0.25, 0.3) is 0 Å². The first-order valence-electron chi connectivity index (χ1n) is 8.43. The molecule has 5 heteroatoms. The molecule has 2 aliphatic rings. The van der Waals surface area contributed by atoms with Gasteiger partial charge in [-0.15, -0.1) is 0 Å². The Morgan fingerprint density at radius 2 is 2.27 bits per heavy atom. The van der Waals surface area contributed by atoms with Crippen molar-refractivity contribution in [1.82, 2.24) is 19.4 Å². The monoisotopic (exact) mass is 300 g/mol. The van der Waals surface area contributed by atoms with Crippen LogP contribution < -0.4 is 0 Å². The normalized spacial score (nSPS) is 26.8. The van der Waals surface area contributed by atoms with Gasteiger partial charge in [-0.05, 0) is 57.3 Å². The summed E-state index contributed by atoms with van der Waals surface area (Å²) in [6.45, 7) is 3.22. The molecule has 0 spiro atoms. The van der Waals surface area contributed by atoms with Crippen molar-refractivity contribution in [2.45, 2.75) is 38.3 Å². The van der Waals surface area contributed by atoms with Crippen LogP contribution in [0.1, 0.15) is 37.7 Å². The number of ether oxygens (including phenoxy) is 1. The van der Waals surface area contributed by atoms with Gasteiger partial charge in [0.2, 0.25) is 0 Å². The highest BCUT2D eigenvalue weighted by Gasteiger charge is 2.26. The summed E-state index contributed by atoms with van der Waals surface area (Å²) < 4.78 is 8.30. The Balaban J connectivity index is 1.69. The fourth-order valence-electron chi connectivity index (χ4n) is 3.80. The third-order valence-electron chi connectivity index (χ3n) is 4.93. The fourth-order valence-corrected chi connectivity index (χ4v) is 3.80. The van der Waals surface area contributed by atoms with Gasteiger partial charge in [0, 0.05) is 25.8 Å². The SMILES string of the molecule is CN1CCC(Cc2nc3cccnc3n2C2CCCCO2)C1. The molecule has 2 saturated heterocycles. The Bertz CT molecular complexity index is 647. The van der Waals surface area contributed by atoms with Crippen LogP contribution >= 0.6 is 0 Å². The molecule has 2 atom stereocenters. The molecular weight excluding hydrogens is 276 g/mol. The molecule has 2 aromatic heterocycles. The number of hydrogen-bond acceptors (Lipinski definition) is 4. The van der Waals surface area contributed by atoms with Crippen molar-refractivity contribution in [3.63, 3.8) is 0 Å². The average molecular weight is 300 g/mol. The van der Waals surface area contributed by atoms with Crippen molar-refractivity contribution in [3.05, 3.63) is 24.2 Å². The van der Waals surface area contributed by atoms with Crippen LogP contribution in [-0.4, -0.2) is 46.2 Å². The first-order chi connectivity index (χ1) is 10.8. The van der Waals surface area contributed by atoms with Crippen molar-refractivity contribution < 1.29 is 4.74 Å².